The predicted octanol–water partition coefficient (Wildman–Crippen LogP) is 5.09. The molecule has 0 aliphatic carbocycles. The van der Waals surface area contributed by atoms with Gasteiger partial charge < -0.3 is 14.7 Å². The highest BCUT2D eigenvalue weighted by Gasteiger charge is 2.59. The smallest absolute Gasteiger partial charge is 0.316 e. The lowest BCUT2D eigenvalue weighted by Crippen LogP contribution is -2.70. The lowest BCUT2D eigenvalue weighted by atomic mass is 9.64. The molecule has 1 saturated heterocycles. The summed E-state index contributed by atoms with van der Waals surface area (Å²) in [6.07, 6.45) is 2.31. The van der Waals surface area contributed by atoms with Crippen molar-refractivity contribution < 1.29 is 19.4 Å². The minimum Gasteiger partial charge on any atom is -0.497 e. The van der Waals surface area contributed by atoms with Gasteiger partial charge in [-0.3, -0.25) is 9.59 Å². The van der Waals surface area contributed by atoms with Crippen LogP contribution in [0.1, 0.15) is 30.9 Å². The number of carboxylic acid groups (broad SMARTS) is 1. The van der Waals surface area contributed by atoms with Crippen molar-refractivity contribution in [3.05, 3.63) is 96.1 Å². The molecule has 0 spiro atoms. The number of benzene rings is 3. The number of methoxy groups -OCH3 is 1. The number of carbonyl (C=O) groups excluding carboxylic acids is 1. The molecule has 3 unspecified atom stereocenters. The van der Waals surface area contributed by atoms with E-state index >= 15 is 0 Å². The highest BCUT2D eigenvalue weighted by atomic mass is 16.5. The Morgan fingerprint density at radius 3 is 2.15 bits per heavy atom. The number of hydrogen-bond acceptors (Lipinski definition) is 3. The standard InChI is InChI=1S/C28H29NO4/c1-28(27(31)32,21-13-7-4-8-14-21)25-24(15-9-12-20-10-5-3-6-11-20)26(30)29(25)22-16-18-23(33-2)19-17-22/h3-8,10-11,13-14,16-19,24-25H,9,12,15H2,1-2H3,(H,31,32). The molecular weight excluding hydrogens is 414 g/mol. The summed E-state index contributed by atoms with van der Waals surface area (Å²) in [7, 11) is 1.59. The molecule has 0 saturated carbocycles. The summed E-state index contributed by atoms with van der Waals surface area (Å²) in [5.74, 6) is -0.636. The van der Waals surface area contributed by atoms with Crippen molar-refractivity contribution in [2.75, 3.05) is 12.0 Å². The highest BCUT2D eigenvalue weighted by molar-refractivity contribution is 6.05. The minimum absolute atomic E-state index is 0.0263. The van der Waals surface area contributed by atoms with Crippen LogP contribution in [0, 0.1) is 5.92 Å². The first kappa shape index (κ1) is 22.6. The zero-order valence-corrected chi connectivity index (χ0v) is 19.0. The summed E-state index contributed by atoms with van der Waals surface area (Å²) in [6.45, 7) is 1.74. The number of aliphatic carboxylic acids is 1. The second-order valence-electron chi connectivity index (χ2n) is 8.71. The van der Waals surface area contributed by atoms with Gasteiger partial charge in [0.2, 0.25) is 5.91 Å². The molecule has 3 aromatic carbocycles. The monoisotopic (exact) mass is 443 g/mol. The van der Waals surface area contributed by atoms with E-state index in [0.717, 1.165) is 12.8 Å². The van der Waals surface area contributed by atoms with Gasteiger partial charge in [0.25, 0.3) is 0 Å². The number of carboxylic acids is 1. The number of amides is 1. The van der Waals surface area contributed by atoms with Crippen LogP contribution in [0.2, 0.25) is 0 Å². The molecule has 0 radical (unpaired) electrons. The third-order valence-corrected chi connectivity index (χ3v) is 6.80. The molecule has 1 fully saturated rings. The van der Waals surface area contributed by atoms with Gasteiger partial charge in [0.05, 0.1) is 19.1 Å². The molecule has 5 heteroatoms. The Bertz CT molecular complexity index is 1100. The molecule has 3 atom stereocenters. The molecule has 1 heterocycles. The first-order valence-electron chi connectivity index (χ1n) is 11.3. The number of carbonyl (C=O) groups is 2. The number of rotatable bonds is 9. The largest absolute Gasteiger partial charge is 0.497 e. The van der Waals surface area contributed by atoms with E-state index < -0.39 is 17.4 Å². The van der Waals surface area contributed by atoms with E-state index in [9.17, 15) is 14.7 Å². The van der Waals surface area contributed by atoms with Crippen LogP contribution in [0.15, 0.2) is 84.9 Å². The zero-order valence-electron chi connectivity index (χ0n) is 19.0. The number of anilines is 1. The third kappa shape index (κ3) is 4.23. The molecular formula is C28H29NO4. The summed E-state index contributed by atoms with van der Waals surface area (Å²) < 4.78 is 5.25. The van der Waals surface area contributed by atoms with Crippen molar-refractivity contribution >= 4 is 17.6 Å². The highest BCUT2D eigenvalue weighted by Crippen LogP contribution is 2.46. The number of β-lactam (4-membered cyclic amide) rings is 1. The second kappa shape index (κ2) is 9.49. The Balaban J connectivity index is 1.66. The van der Waals surface area contributed by atoms with E-state index in [1.54, 1.807) is 31.1 Å². The SMILES string of the molecule is COc1ccc(N2C(=O)C(CCCc3ccccc3)C2C(C)(C(=O)O)c2ccccc2)cc1. The van der Waals surface area contributed by atoms with Gasteiger partial charge in [0.1, 0.15) is 11.2 Å². The van der Waals surface area contributed by atoms with Crippen LogP contribution in [-0.2, 0) is 21.4 Å². The maximum Gasteiger partial charge on any atom is 0.316 e. The predicted molar refractivity (Wildman–Crippen MR) is 129 cm³/mol. The van der Waals surface area contributed by atoms with Gasteiger partial charge in [0, 0.05) is 5.69 Å². The first-order valence-corrected chi connectivity index (χ1v) is 11.3. The fourth-order valence-electron chi connectivity index (χ4n) is 4.90. The number of hydrogen-bond donors (Lipinski definition) is 1. The van der Waals surface area contributed by atoms with Gasteiger partial charge in [0.15, 0.2) is 0 Å². The van der Waals surface area contributed by atoms with Gasteiger partial charge in [-0.25, -0.2) is 0 Å². The van der Waals surface area contributed by atoms with Gasteiger partial charge in [-0.1, -0.05) is 60.7 Å². The quantitative estimate of drug-likeness (QED) is 0.468. The van der Waals surface area contributed by atoms with E-state index in [-0.39, 0.29) is 11.8 Å². The summed E-state index contributed by atoms with van der Waals surface area (Å²) in [6, 6.07) is 26.1. The normalized spacial score (nSPS) is 19.5. The lowest BCUT2D eigenvalue weighted by molar-refractivity contribution is -0.148. The molecule has 1 amide bonds. The summed E-state index contributed by atoms with van der Waals surface area (Å²) in [5, 5.41) is 10.4. The van der Waals surface area contributed by atoms with Crippen molar-refractivity contribution in [1.82, 2.24) is 0 Å². The summed E-state index contributed by atoms with van der Waals surface area (Å²) in [5.41, 5.74) is 1.36. The molecule has 0 bridgehead atoms. The molecule has 4 rings (SSSR count). The fourth-order valence-corrected chi connectivity index (χ4v) is 4.90. The van der Waals surface area contributed by atoms with Gasteiger partial charge in [-0.15, -0.1) is 0 Å². The Labute approximate surface area is 194 Å². The van der Waals surface area contributed by atoms with E-state index in [0.29, 0.717) is 23.4 Å². The van der Waals surface area contributed by atoms with E-state index in [2.05, 4.69) is 12.1 Å². The van der Waals surface area contributed by atoms with Crippen molar-refractivity contribution in [2.24, 2.45) is 5.92 Å². The van der Waals surface area contributed by atoms with E-state index in [1.165, 1.54) is 5.56 Å². The average Bonchev–Trinajstić information content (AvgIpc) is 2.86. The molecule has 1 N–H and O–H groups in total. The van der Waals surface area contributed by atoms with Gasteiger partial charge in [-0.2, -0.15) is 0 Å². The van der Waals surface area contributed by atoms with Gasteiger partial charge >= 0.3 is 5.97 Å². The minimum atomic E-state index is -1.24. The van der Waals surface area contributed by atoms with Crippen molar-refractivity contribution in [2.45, 2.75) is 37.6 Å². The maximum absolute atomic E-state index is 13.4. The number of aryl methyl sites for hydroxylation is 1. The van der Waals surface area contributed by atoms with Gasteiger partial charge in [-0.05, 0) is 61.6 Å². The molecule has 0 aromatic heterocycles. The molecule has 5 nitrogen and oxygen atoms in total. The van der Waals surface area contributed by atoms with Crippen LogP contribution >= 0.6 is 0 Å². The Kier molecular flexibility index (Phi) is 6.50. The second-order valence-corrected chi connectivity index (χ2v) is 8.71. The van der Waals surface area contributed by atoms with Crippen LogP contribution < -0.4 is 9.64 Å². The zero-order chi connectivity index (χ0) is 23.4. The Hall–Kier alpha value is -3.60. The van der Waals surface area contributed by atoms with Crippen LogP contribution in [-0.4, -0.2) is 30.1 Å². The van der Waals surface area contributed by atoms with Crippen LogP contribution in [0.4, 0.5) is 5.69 Å². The van der Waals surface area contributed by atoms with E-state index in [1.807, 2.05) is 60.7 Å². The van der Waals surface area contributed by atoms with Crippen LogP contribution in [0.25, 0.3) is 0 Å². The van der Waals surface area contributed by atoms with Crippen molar-refractivity contribution in [3.63, 3.8) is 0 Å². The summed E-state index contributed by atoms with van der Waals surface area (Å²) in [4.78, 5) is 27.8. The number of ether oxygens (including phenoxy) is 1. The van der Waals surface area contributed by atoms with Crippen LogP contribution in [0.5, 0.6) is 5.75 Å². The van der Waals surface area contributed by atoms with Crippen LogP contribution in [0.3, 0.4) is 0 Å². The summed E-state index contributed by atoms with van der Waals surface area (Å²) >= 11 is 0. The molecule has 3 aromatic rings. The topological polar surface area (TPSA) is 66.8 Å². The average molecular weight is 444 g/mol. The first-order chi connectivity index (χ1) is 16.0. The maximum atomic E-state index is 13.4. The lowest BCUT2D eigenvalue weighted by Gasteiger charge is -2.54. The molecule has 170 valence electrons. The Morgan fingerprint density at radius 2 is 1.58 bits per heavy atom. The molecule has 1 aliphatic heterocycles. The number of nitrogens with zero attached hydrogens (tertiary/aromatic N) is 1. The molecule has 33 heavy (non-hydrogen) atoms. The van der Waals surface area contributed by atoms with E-state index in [4.69, 9.17) is 4.74 Å². The third-order valence-electron chi connectivity index (χ3n) is 6.80. The molecule has 1 aliphatic rings. The van der Waals surface area contributed by atoms with Crippen molar-refractivity contribution in [1.29, 1.82) is 0 Å². The Morgan fingerprint density at radius 1 is 0.970 bits per heavy atom. The van der Waals surface area contributed by atoms with Crippen molar-refractivity contribution in [3.8, 4) is 5.75 Å². The fraction of sp³-hybridized carbons (Fsp3) is 0.286.